The number of aromatic nitrogens is 2. The molecule has 0 aliphatic carbocycles. The minimum absolute atomic E-state index is 0.0415. The van der Waals surface area contributed by atoms with E-state index >= 15 is 0 Å². The van der Waals surface area contributed by atoms with E-state index in [-0.39, 0.29) is 19.1 Å². The summed E-state index contributed by atoms with van der Waals surface area (Å²) in [6.07, 6.45) is 2.51. The molecule has 1 amide bonds. The van der Waals surface area contributed by atoms with Gasteiger partial charge in [0.1, 0.15) is 11.4 Å². The Balaban J connectivity index is 1.39. The molecule has 0 atom stereocenters. The molecule has 0 unspecified atom stereocenters. The van der Waals surface area contributed by atoms with Crippen molar-refractivity contribution in [1.82, 2.24) is 14.7 Å². The third-order valence-corrected chi connectivity index (χ3v) is 6.95. The standard InChI is InChI=1S/C30H32N4O4/c1-38-27-12-10-26(11-13-27)34-29-23(20-31-34)14-15-33(30(29)37)25-8-6-22(7-9-25)28-5-3-2-4-24(28)21-32(16-18-35)17-19-36/h2-13,20,35-36H,14-19,21H2,1H3. The summed E-state index contributed by atoms with van der Waals surface area (Å²) >= 11 is 0. The second kappa shape index (κ2) is 11.6. The predicted octanol–water partition coefficient (Wildman–Crippen LogP) is 3.54. The molecule has 0 saturated heterocycles. The van der Waals surface area contributed by atoms with E-state index in [1.165, 1.54) is 0 Å². The Bertz CT molecular complexity index is 1380. The molecule has 0 saturated carbocycles. The van der Waals surface area contributed by atoms with Crippen molar-refractivity contribution in [2.75, 3.05) is 44.9 Å². The van der Waals surface area contributed by atoms with E-state index in [0.29, 0.717) is 31.9 Å². The number of hydrogen-bond donors (Lipinski definition) is 2. The third kappa shape index (κ3) is 5.19. The van der Waals surface area contributed by atoms with Gasteiger partial charge in [0, 0.05) is 37.4 Å². The van der Waals surface area contributed by atoms with E-state index in [4.69, 9.17) is 4.74 Å². The third-order valence-electron chi connectivity index (χ3n) is 6.95. The fourth-order valence-electron chi connectivity index (χ4n) is 4.97. The number of carbonyl (C=O) groups excluding carboxylic acids is 1. The van der Waals surface area contributed by atoms with Gasteiger partial charge in [-0.25, -0.2) is 4.68 Å². The first kappa shape index (κ1) is 25.7. The summed E-state index contributed by atoms with van der Waals surface area (Å²) < 4.78 is 6.96. The molecule has 4 aromatic rings. The van der Waals surface area contributed by atoms with E-state index in [1.807, 2.05) is 70.5 Å². The van der Waals surface area contributed by atoms with Crippen LogP contribution in [0.3, 0.4) is 0 Å². The van der Waals surface area contributed by atoms with Gasteiger partial charge in [0.2, 0.25) is 0 Å². The largest absolute Gasteiger partial charge is 0.497 e. The Morgan fingerprint density at radius 2 is 1.61 bits per heavy atom. The highest BCUT2D eigenvalue weighted by atomic mass is 16.5. The van der Waals surface area contributed by atoms with Crippen LogP contribution in [0.4, 0.5) is 5.69 Å². The van der Waals surface area contributed by atoms with Gasteiger partial charge in [0.25, 0.3) is 5.91 Å². The summed E-state index contributed by atoms with van der Waals surface area (Å²) in [6, 6.07) is 23.7. The van der Waals surface area contributed by atoms with Crippen molar-refractivity contribution in [3.8, 4) is 22.6 Å². The fraction of sp³-hybridized carbons (Fsp3) is 0.267. The van der Waals surface area contributed by atoms with Crippen LogP contribution in [-0.2, 0) is 13.0 Å². The van der Waals surface area contributed by atoms with Crippen LogP contribution >= 0.6 is 0 Å². The number of rotatable bonds is 10. The highest BCUT2D eigenvalue weighted by Crippen LogP contribution is 2.30. The maximum absolute atomic E-state index is 13.6. The second-order valence-electron chi connectivity index (χ2n) is 9.26. The first-order valence-corrected chi connectivity index (χ1v) is 12.8. The van der Waals surface area contributed by atoms with Gasteiger partial charge in [-0.1, -0.05) is 36.4 Å². The maximum atomic E-state index is 13.6. The molecule has 0 fully saturated rings. The number of carbonyl (C=O) groups is 1. The average molecular weight is 513 g/mol. The molecule has 1 aliphatic heterocycles. The highest BCUT2D eigenvalue weighted by Gasteiger charge is 2.30. The van der Waals surface area contributed by atoms with Gasteiger partial charge in [-0.2, -0.15) is 5.10 Å². The van der Waals surface area contributed by atoms with E-state index < -0.39 is 0 Å². The van der Waals surface area contributed by atoms with Gasteiger partial charge in [-0.3, -0.25) is 9.69 Å². The van der Waals surface area contributed by atoms with Gasteiger partial charge in [-0.05, 0) is 59.5 Å². The Labute approximate surface area is 222 Å². The number of amides is 1. The summed E-state index contributed by atoms with van der Waals surface area (Å²) in [4.78, 5) is 17.5. The minimum Gasteiger partial charge on any atom is -0.497 e. The van der Waals surface area contributed by atoms with Crippen molar-refractivity contribution in [1.29, 1.82) is 0 Å². The van der Waals surface area contributed by atoms with E-state index in [1.54, 1.807) is 18.0 Å². The van der Waals surface area contributed by atoms with Crippen molar-refractivity contribution >= 4 is 11.6 Å². The van der Waals surface area contributed by atoms with Crippen LogP contribution in [0.25, 0.3) is 16.8 Å². The van der Waals surface area contributed by atoms with Gasteiger partial charge >= 0.3 is 0 Å². The molecule has 8 nitrogen and oxygen atoms in total. The van der Waals surface area contributed by atoms with Crippen molar-refractivity contribution in [2.45, 2.75) is 13.0 Å². The average Bonchev–Trinajstić information content (AvgIpc) is 3.39. The van der Waals surface area contributed by atoms with Gasteiger partial charge in [0.15, 0.2) is 0 Å². The van der Waals surface area contributed by atoms with Crippen LogP contribution in [0.2, 0.25) is 0 Å². The van der Waals surface area contributed by atoms with E-state index in [9.17, 15) is 15.0 Å². The molecule has 8 heteroatoms. The van der Waals surface area contributed by atoms with Crippen molar-refractivity contribution in [3.63, 3.8) is 0 Å². The summed E-state index contributed by atoms with van der Waals surface area (Å²) in [5.41, 5.74) is 6.43. The maximum Gasteiger partial charge on any atom is 0.277 e. The molecule has 196 valence electrons. The molecular weight excluding hydrogens is 480 g/mol. The number of aliphatic hydroxyl groups is 2. The molecule has 2 N–H and O–H groups in total. The van der Waals surface area contributed by atoms with Crippen molar-refractivity contribution in [2.24, 2.45) is 0 Å². The molecule has 1 aromatic heterocycles. The minimum atomic E-state index is -0.0728. The summed E-state index contributed by atoms with van der Waals surface area (Å²) in [6.45, 7) is 2.30. The highest BCUT2D eigenvalue weighted by molar-refractivity contribution is 6.07. The Morgan fingerprint density at radius 1 is 0.921 bits per heavy atom. The van der Waals surface area contributed by atoms with Crippen molar-refractivity contribution in [3.05, 3.63) is 95.8 Å². The molecule has 0 radical (unpaired) electrons. The molecule has 2 heterocycles. The molecule has 3 aromatic carbocycles. The zero-order valence-corrected chi connectivity index (χ0v) is 21.5. The lowest BCUT2D eigenvalue weighted by molar-refractivity contribution is 0.0973. The Morgan fingerprint density at radius 3 is 2.29 bits per heavy atom. The number of nitrogens with zero attached hydrogens (tertiary/aromatic N) is 4. The van der Waals surface area contributed by atoms with Crippen LogP contribution < -0.4 is 9.64 Å². The SMILES string of the molecule is COc1ccc(-n2ncc3c2C(=O)N(c2ccc(-c4ccccc4CN(CCO)CCO)cc2)CC3)cc1. The number of fused-ring (bicyclic) bond motifs is 1. The quantitative estimate of drug-likeness (QED) is 0.338. The van der Waals surface area contributed by atoms with Crippen LogP contribution in [0, 0.1) is 0 Å². The number of benzene rings is 3. The Kier molecular flexibility index (Phi) is 7.83. The number of hydrogen-bond acceptors (Lipinski definition) is 6. The monoisotopic (exact) mass is 512 g/mol. The number of methoxy groups -OCH3 is 1. The van der Waals surface area contributed by atoms with Crippen LogP contribution in [0.15, 0.2) is 79.0 Å². The normalized spacial score (nSPS) is 13.2. The molecule has 0 spiro atoms. The number of ether oxygens (including phenoxy) is 1. The van der Waals surface area contributed by atoms with Crippen molar-refractivity contribution < 1.29 is 19.7 Å². The first-order chi connectivity index (χ1) is 18.6. The lowest BCUT2D eigenvalue weighted by atomic mass is 9.98. The zero-order valence-electron chi connectivity index (χ0n) is 21.5. The molecule has 5 rings (SSSR count). The number of aliphatic hydroxyl groups excluding tert-OH is 2. The fourth-order valence-corrected chi connectivity index (χ4v) is 4.97. The smallest absolute Gasteiger partial charge is 0.277 e. The topological polar surface area (TPSA) is 91.1 Å². The van der Waals surface area contributed by atoms with Gasteiger partial charge in [-0.15, -0.1) is 0 Å². The molecule has 38 heavy (non-hydrogen) atoms. The zero-order chi connectivity index (χ0) is 26.5. The predicted molar refractivity (Wildman–Crippen MR) is 147 cm³/mol. The van der Waals surface area contributed by atoms with Crippen LogP contribution in [0.5, 0.6) is 5.75 Å². The lowest BCUT2D eigenvalue weighted by Crippen LogP contribution is -2.38. The van der Waals surface area contributed by atoms with Crippen LogP contribution in [-0.4, -0.2) is 70.8 Å². The lowest BCUT2D eigenvalue weighted by Gasteiger charge is -2.28. The van der Waals surface area contributed by atoms with Gasteiger partial charge < -0.3 is 19.8 Å². The first-order valence-electron chi connectivity index (χ1n) is 12.8. The van der Waals surface area contributed by atoms with Crippen LogP contribution in [0.1, 0.15) is 21.6 Å². The number of anilines is 1. The molecular formula is C30H32N4O4. The van der Waals surface area contributed by atoms with Gasteiger partial charge in [0.05, 0.1) is 32.2 Å². The summed E-state index contributed by atoms with van der Waals surface area (Å²) in [5.74, 6) is 0.676. The molecule has 1 aliphatic rings. The van der Waals surface area contributed by atoms with E-state index in [2.05, 4.69) is 17.2 Å². The summed E-state index contributed by atoms with van der Waals surface area (Å²) in [7, 11) is 1.62. The summed E-state index contributed by atoms with van der Waals surface area (Å²) in [5, 5.41) is 23.3. The Hall–Kier alpha value is -3.98. The second-order valence-corrected chi connectivity index (χ2v) is 9.26. The molecule has 0 bridgehead atoms. The van der Waals surface area contributed by atoms with E-state index in [0.717, 1.165) is 45.8 Å².